The molecule has 0 amide bonds. The van der Waals surface area contributed by atoms with Crippen LogP contribution in [0.2, 0.25) is 19.6 Å². The van der Waals surface area contributed by atoms with E-state index < -0.39 is 8.32 Å². The highest BCUT2D eigenvalue weighted by molar-refractivity contribution is 6.70. The largest absolute Gasteiger partial charge is 0.544 e. The van der Waals surface area contributed by atoms with Gasteiger partial charge in [-0.1, -0.05) is 12.1 Å². The van der Waals surface area contributed by atoms with Gasteiger partial charge in [0.15, 0.2) is 0 Å². The van der Waals surface area contributed by atoms with Crippen LogP contribution < -0.4 is 9.74 Å². The van der Waals surface area contributed by atoms with Gasteiger partial charge in [-0.05, 0) is 43.8 Å². The molecule has 1 N–H and O–H groups in total. The maximum Gasteiger partial charge on any atom is 0.242 e. The smallest absolute Gasteiger partial charge is 0.242 e. The summed E-state index contributed by atoms with van der Waals surface area (Å²) in [5.74, 6) is 0.928. The van der Waals surface area contributed by atoms with Crippen LogP contribution in [0.3, 0.4) is 0 Å². The first-order valence-corrected chi connectivity index (χ1v) is 11.2. The zero-order chi connectivity index (χ0) is 15.3. The van der Waals surface area contributed by atoms with E-state index in [1.165, 1.54) is 5.56 Å². The van der Waals surface area contributed by atoms with E-state index in [1.54, 1.807) is 0 Å². The Bertz CT molecular complexity index is 433. The van der Waals surface area contributed by atoms with E-state index in [0.29, 0.717) is 6.42 Å². The third-order valence-electron chi connectivity index (χ3n) is 3.66. The van der Waals surface area contributed by atoms with Gasteiger partial charge in [-0.15, -0.1) is 12.4 Å². The van der Waals surface area contributed by atoms with Gasteiger partial charge in [0.1, 0.15) is 5.75 Å². The first kappa shape index (κ1) is 19.4. The van der Waals surface area contributed by atoms with Crippen molar-refractivity contribution < 1.29 is 8.82 Å². The average molecular weight is 347 g/mol. The minimum atomic E-state index is -1.57. The summed E-state index contributed by atoms with van der Waals surface area (Å²) in [7, 11) is -1.57. The second-order valence-corrected chi connectivity index (χ2v) is 11.0. The molecule has 0 aliphatic carbocycles. The molecule has 0 bridgehead atoms. The van der Waals surface area contributed by atoms with Crippen molar-refractivity contribution in [2.24, 2.45) is 0 Å². The molecule has 0 radical (unpaired) electrons. The lowest BCUT2D eigenvalue weighted by Gasteiger charge is -2.35. The molecule has 1 heterocycles. The summed E-state index contributed by atoms with van der Waals surface area (Å²) in [5, 5.41) is 3.35. The predicted molar refractivity (Wildman–Crippen MR) is 95.4 cm³/mol. The van der Waals surface area contributed by atoms with Crippen LogP contribution in [0.25, 0.3) is 0 Å². The molecule has 126 valence electrons. The molecule has 1 aromatic rings. The molecule has 0 unspecified atom stereocenters. The number of piperazine rings is 1. The number of alkyl halides is 1. The van der Waals surface area contributed by atoms with E-state index >= 15 is 0 Å². The molecule has 0 spiro atoms. The summed E-state index contributed by atoms with van der Waals surface area (Å²) in [6.45, 7) is 10.2. The van der Waals surface area contributed by atoms with Gasteiger partial charge < -0.3 is 9.74 Å². The Morgan fingerprint density at radius 3 is 2.27 bits per heavy atom. The van der Waals surface area contributed by atoms with Crippen LogP contribution in [0.4, 0.5) is 4.39 Å². The first-order valence-electron chi connectivity index (χ1n) is 7.79. The van der Waals surface area contributed by atoms with Crippen molar-refractivity contribution in [3.05, 3.63) is 29.8 Å². The fourth-order valence-electron chi connectivity index (χ4n) is 2.77. The third-order valence-corrected chi connectivity index (χ3v) is 4.51. The van der Waals surface area contributed by atoms with E-state index in [1.807, 2.05) is 12.1 Å². The van der Waals surface area contributed by atoms with Crippen LogP contribution in [0, 0.1) is 0 Å². The summed E-state index contributed by atoms with van der Waals surface area (Å²) in [4.78, 5) is 2.38. The fraction of sp³-hybridized carbons (Fsp3) is 0.625. The van der Waals surface area contributed by atoms with Gasteiger partial charge in [-0.3, -0.25) is 9.29 Å². The van der Waals surface area contributed by atoms with Crippen LogP contribution in [-0.4, -0.2) is 46.1 Å². The van der Waals surface area contributed by atoms with Crippen molar-refractivity contribution in [3.8, 4) is 5.75 Å². The van der Waals surface area contributed by atoms with Crippen molar-refractivity contribution in [1.29, 1.82) is 0 Å². The topological polar surface area (TPSA) is 24.5 Å². The standard InChI is InChI=1S/C16H27FN2OSi.ClH/c1-21(2,3)20-15-6-4-14(5-7-15)16(8-9-17)19-12-10-18-11-13-19;/h4-7,16,18H,8-13H2,1-3H3;1H/t16-;/m1./s1. The Morgan fingerprint density at radius 1 is 1.18 bits per heavy atom. The van der Waals surface area contributed by atoms with E-state index in [9.17, 15) is 4.39 Å². The van der Waals surface area contributed by atoms with Crippen molar-refractivity contribution in [2.45, 2.75) is 32.1 Å². The van der Waals surface area contributed by atoms with Crippen LogP contribution in [0.5, 0.6) is 5.75 Å². The van der Waals surface area contributed by atoms with Crippen molar-refractivity contribution in [3.63, 3.8) is 0 Å². The molecule has 0 aromatic heterocycles. The molecule has 0 saturated carbocycles. The minimum absolute atomic E-state index is 0. The molecule has 6 heteroatoms. The number of nitrogens with one attached hydrogen (secondary N) is 1. The summed E-state index contributed by atoms with van der Waals surface area (Å²) in [5.41, 5.74) is 1.19. The lowest BCUT2D eigenvalue weighted by atomic mass is 10.0. The normalized spacial score (nSPS) is 17.6. The molecule has 3 nitrogen and oxygen atoms in total. The number of halogens is 2. The van der Waals surface area contributed by atoms with E-state index in [4.69, 9.17) is 4.43 Å². The Balaban J connectivity index is 0.00000242. The van der Waals surface area contributed by atoms with Gasteiger partial charge in [-0.25, -0.2) is 0 Å². The number of rotatable bonds is 6. The second-order valence-electron chi connectivity index (χ2n) is 6.56. The SMILES string of the molecule is C[Si](C)(C)Oc1ccc([C@@H](CCF)N2CCNCC2)cc1.Cl. The summed E-state index contributed by atoms with van der Waals surface area (Å²) < 4.78 is 18.9. The predicted octanol–water partition coefficient (Wildman–Crippen LogP) is 3.63. The van der Waals surface area contributed by atoms with Gasteiger partial charge in [-0.2, -0.15) is 0 Å². The molecule has 1 aliphatic heterocycles. The maximum absolute atomic E-state index is 12.9. The Hall–Kier alpha value is -0.623. The van der Waals surface area contributed by atoms with Gasteiger partial charge in [0.25, 0.3) is 0 Å². The van der Waals surface area contributed by atoms with Crippen LogP contribution >= 0.6 is 12.4 Å². The highest BCUT2D eigenvalue weighted by Gasteiger charge is 2.22. The van der Waals surface area contributed by atoms with Crippen LogP contribution in [0.15, 0.2) is 24.3 Å². The lowest BCUT2D eigenvalue weighted by Crippen LogP contribution is -2.45. The van der Waals surface area contributed by atoms with Gasteiger partial charge in [0.2, 0.25) is 8.32 Å². The zero-order valence-corrected chi connectivity index (χ0v) is 15.6. The highest BCUT2D eigenvalue weighted by Crippen LogP contribution is 2.27. The molecule has 1 aliphatic rings. The summed E-state index contributed by atoms with van der Waals surface area (Å²) >= 11 is 0. The molecule has 1 aromatic carbocycles. The van der Waals surface area contributed by atoms with Crippen molar-refractivity contribution >= 4 is 20.7 Å². The van der Waals surface area contributed by atoms with Crippen molar-refractivity contribution in [2.75, 3.05) is 32.9 Å². The third kappa shape index (κ3) is 5.87. The van der Waals surface area contributed by atoms with E-state index in [-0.39, 0.29) is 25.1 Å². The molecular formula is C16H28ClFN2OSi. The quantitative estimate of drug-likeness (QED) is 0.796. The van der Waals surface area contributed by atoms with Crippen molar-refractivity contribution in [1.82, 2.24) is 10.2 Å². The number of hydrogen-bond donors (Lipinski definition) is 1. The van der Waals surface area contributed by atoms with Gasteiger partial charge in [0.05, 0.1) is 6.67 Å². The number of benzene rings is 1. The Kier molecular flexibility index (Phi) is 7.83. The monoisotopic (exact) mass is 346 g/mol. The number of hydrogen-bond acceptors (Lipinski definition) is 3. The Labute approximate surface area is 140 Å². The van der Waals surface area contributed by atoms with Gasteiger partial charge in [0, 0.05) is 32.2 Å². The van der Waals surface area contributed by atoms with Crippen LogP contribution in [-0.2, 0) is 0 Å². The summed E-state index contributed by atoms with van der Waals surface area (Å²) in [6.07, 6.45) is 0.564. The minimum Gasteiger partial charge on any atom is -0.544 e. The summed E-state index contributed by atoms with van der Waals surface area (Å²) in [6, 6.07) is 8.43. The van der Waals surface area contributed by atoms with Gasteiger partial charge >= 0.3 is 0 Å². The maximum atomic E-state index is 12.9. The van der Waals surface area contributed by atoms with Crippen LogP contribution in [0.1, 0.15) is 18.0 Å². The lowest BCUT2D eigenvalue weighted by molar-refractivity contribution is 0.157. The molecule has 1 fully saturated rings. The molecule has 1 saturated heterocycles. The molecular weight excluding hydrogens is 319 g/mol. The fourth-order valence-corrected chi connectivity index (χ4v) is 3.61. The average Bonchev–Trinajstić information content (AvgIpc) is 2.45. The second kappa shape index (κ2) is 8.87. The van der Waals surface area contributed by atoms with E-state index in [2.05, 4.69) is 42.0 Å². The highest BCUT2D eigenvalue weighted by atomic mass is 35.5. The molecule has 1 atom stereocenters. The number of nitrogens with zero attached hydrogens (tertiary/aromatic N) is 1. The van der Waals surface area contributed by atoms with E-state index in [0.717, 1.165) is 31.9 Å². The molecule has 2 rings (SSSR count). The molecule has 22 heavy (non-hydrogen) atoms. The zero-order valence-electron chi connectivity index (χ0n) is 13.8. The Morgan fingerprint density at radius 2 is 1.77 bits per heavy atom. The first-order chi connectivity index (χ1) is 9.99.